The van der Waals surface area contributed by atoms with E-state index in [2.05, 4.69) is 20.2 Å². The third kappa shape index (κ3) is 2.99. The summed E-state index contributed by atoms with van der Waals surface area (Å²) in [6, 6.07) is 7.78. The van der Waals surface area contributed by atoms with Gasteiger partial charge < -0.3 is 52.1 Å². The Morgan fingerprint density at radius 1 is 1.03 bits per heavy atom. The molecule has 0 N–H and O–H groups in total. The number of carbonyl (C=O) groups is 1. The van der Waals surface area contributed by atoms with Crippen molar-refractivity contribution in [2.75, 3.05) is 41.7 Å². The van der Waals surface area contributed by atoms with Crippen LogP contribution < -0.4 is 42.9 Å². The van der Waals surface area contributed by atoms with Crippen LogP contribution in [-0.2, 0) is 11.2 Å². The van der Waals surface area contributed by atoms with Crippen molar-refractivity contribution < 1.29 is 56.9 Å². The fourth-order valence-corrected chi connectivity index (χ4v) is 4.81. The van der Waals surface area contributed by atoms with Gasteiger partial charge in [0.2, 0.25) is 6.79 Å². The number of hydrogen-bond acceptors (Lipinski definition) is 6. The Balaban J connectivity index is 0.00000218. The van der Waals surface area contributed by atoms with Gasteiger partial charge in [0.15, 0.2) is 35.1 Å². The highest BCUT2D eigenvalue weighted by atomic mass is 127. The number of halogens is 1. The van der Waals surface area contributed by atoms with Crippen LogP contribution in [0, 0.1) is 0 Å². The van der Waals surface area contributed by atoms with E-state index >= 15 is 0 Å². The van der Waals surface area contributed by atoms with Crippen LogP contribution in [0.15, 0.2) is 24.3 Å². The molecule has 3 heterocycles. The lowest BCUT2D eigenvalue weighted by Gasteiger charge is -2.44. The Morgan fingerprint density at radius 3 is 2.47 bits per heavy atom. The van der Waals surface area contributed by atoms with Crippen molar-refractivity contribution >= 4 is 5.97 Å². The van der Waals surface area contributed by atoms with Crippen molar-refractivity contribution in [3.8, 4) is 23.0 Å². The molecule has 0 saturated carbocycles. The summed E-state index contributed by atoms with van der Waals surface area (Å²) in [6.45, 7) is 1.16. The molecule has 2 aromatic carbocycles. The molecule has 30 heavy (non-hydrogen) atoms. The summed E-state index contributed by atoms with van der Waals surface area (Å²) in [4.78, 5) is 12.9. The van der Waals surface area contributed by atoms with Gasteiger partial charge in [0.25, 0.3) is 0 Å². The Morgan fingerprint density at radius 2 is 1.77 bits per heavy atom. The minimum atomic E-state index is -0.424. The Kier molecular flexibility index (Phi) is 5.26. The molecular formula is C22H24INO6. The quantitative estimate of drug-likeness (QED) is 0.320. The number of hydrogen-bond donors (Lipinski definition) is 0. The lowest BCUT2D eigenvalue weighted by atomic mass is 9.84. The van der Waals surface area contributed by atoms with Gasteiger partial charge in [-0.15, -0.1) is 0 Å². The van der Waals surface area contributed by atoms with Crippen molar-refractivity contribution in [1.29, 1.82) is 0 Å². The lowest BCUT2D eigenvalue weighted by molar-refractivity contribution is -0.927. The summed E-state index contributed by atoms with van der Waals surface area (Å²) in [5.74, 6) is 2.08. The first kappa shape index (κ1) is 21.0. The number of nitrogens with zero attached hydrogens (tertiary/aromatic N) is 1. The third-order valence-corrected chi connectivity index (χ3v) is 6.27. The molecule has 0 spiro atoms. The molecule has 2 atom stereocenters. The highest BCUT2D eigenvalue weighted by Gasteiger charge is 2.50. The number of rotatable bonds is 3. The molecule has 5 rings (SSSR count). The van der Waals surface area contributed by atoms with E-state index in [0.29, 0.717) is 21.5 Å². The monoisotopic (exact) mass is 525 g/mol. The molecule has 7 nitrogen and oxygen atoms in total. The number of cyclic esters (lactones) is 1. The molecule has 0 radical (unpaired) electrons. The third-order valence-electron chi connectivity index (χ3n) is 6.27. The maximum Gasteiger partial charge on any atom is 0.343 e. The largest absolute Gasteiger partial charge is 1.00 e. The highest BCUT2D eigenvalue weighted by Crippen LogP contribution is 2.52. The zero-order chi connectivity index (χ0) is 20.3. The van der Waals surface area contributed by atoms with E-state index in [1.54, 1.807) is 7.11 Å². The van der Waals surface area contributed by atoms with Crippen LogP contribution in [0.25, 0.3) is 0 Å². The van der Waals surface area contributed by atoms with Gasteiger partial charge in [0.1, 0.15) is 5.56 Å². The normalized spacial score (nSPS) is 22.5. The van der Waals surface area contributed by atoms with Crippen molar-refractivity contribution in [3.63, 3.8) is 0 Å². The molecule has 0 saturated heterocycles. The number of benzene rings is 2. The van der Waals surface area contributed by atoms with E-state index in [1.165, 1.54) is 12.7 Å². The number of carbonyl (C=O) groups excluding carboxylic acids is 1. The van der Waals surface area contributed by atoms with E-state index < -0.39 is 6.10 Å². The maximum atomic E-state index is 12.9. The summed E-state index contributed by atoms with van der Waals surface area (Å²) in [7, 11) is 7.44. The predicted octanol–water partition coefficient (Wildman–Crippen LogP) is 0.0218. The second-order valence-corrected chi connectivity index (χ2v) is 8.19. The number of methoxy groups -OCH3 is 2. The van der Waals surface area contributed by atoms with Gasteiger partial charge in [0.05, 0.1) is 34.9 Å². The molecule has 8 heteroatoms. The summed E-state index contributed by atoms with van der Waals surface area (Å²) in [6.07, 6.45) is 0.501. The zero-order valence-electron chi connectivity index (χ0n) is 17.4. The molecule has 3 aliphatic rings. The zero-order valence-corrected chi connectivity index (χ0v) is 19.5. The minimum absolute atomic E-state index is 0. The number of esters is 1. The smallest absolute Gasteiger partial charge is 0.343 e. The van der Waals surface area contributed by atoms with Gasteiger partial charge in [-0.3, -0.25) is 0 Å². The van der Waals surface area contributed by atoms with E-state index in [9.17, 15) is 4.79 Å². The average Bonchev–Trinajstić information content (AvgIpc) is 3.29. The molecule has 2 aromatic rings. The first-order valence-corrected chi connectivity index (χ1v) is 9.65. The van der Waals surface area contributed by atoms with Gasteiger partial charge in [-0.05, 0) is 23.8 Å². The van der Waals surface area contributed by atoms with Crippen molar-refractivity contribution in [2.45, 2.75) is 18.6 Å². The van der Waals surface area contributed by atoms with Gasteiger partial charge in [-0.1, -0.05) is 6.07 Å². The number of likely N-dealkylation sites (N-methyl/N-ethyl adjacent to an activating group) is 1. The minimum Gasteiger partial charge on any atom is -1.00 e. The van der Waals surface area contributed by atoms with Gasteiger partial charge >= 0.3 is 5.97 Å². The van der Waals surface area contributed by atoms with Crippen LogP contribution >= 0.6 is 0 Å². The molecule has 0 aromatic heterocycles. The Labute approximate surface area is 192 Å². The fourth-order valence-electron chi connectivity index (χ4n) is 4.81. The van der Waals surface area contributed by atoms with Crippen molar-refractivity contribution in [1.82, 2.24) is 0 Å². The van der Waals surface area contributed by atoms with Crippen LogP contribution in [0.4, 0.5) is 0 Å². The predicted molar refractivity (Wildman–Crippen MR) is 104 cm³/mol. The first-order chi connectivity index (χ1) is 13.9. The summed E-state index contributed by atoms with van der Waals surface area (Å²) < 4.78 is 28.7. The topological polar surface area (TPSA) is 63.2 Å². The van der Waals surface area contributed by atoms with E-state index in [1.807, 2.05) is 18.2 Å². The van der Waals surface area contributed by atoms with Crippen LogP contribution in [0.1, 0.15) is 39.2 Å². The average molecular weight is 525 g/mol. The summed E-state index contributed by atoms with van der Waals surface area (Å²) in [5, 5.41) is 0. The van der Waals surface area contributed by atoms with Crippen LogP contribution in [0.2, 0.25) is 0 Å². The standard InChI is InChI=1S/C22H24NO6.HI/c1-23(2)8-7-12-9-16-17(28-11-27-16)10-14(12)19(23)20-13-5-6-15(25-3)21(26-4)18(13)22(24)29-20;/h5-6,9-10,19-20H,7-8,11H2,1-4H3;1H/q+1;/p-1. The van der Waals surface area contributed by atoms with Crippen LogP contribution in [0.3, 0.4) is 0 Å². The molecule has 0 aliphatic carbocycles. The molecule has 2 unspecified atom stereocenters. The van der Waals surface area contributed by atoms with Crippen molar-refractivity contribution in [3.05, 3.63) is 46.5 Å². The van der Waals surface area contributed by atoms with Gasteiger partial charge in [-0.25, -0.2) is 4.79 Å². The second-order valence-electron chi connectivity index (χ2n) is 8.19. The molecule has 0 fully saturated rings. The van der Waals surface area contributed by atoms with Crippen LogP contribution in [-0.4, -0.2) is 52.1 Å². The number of fused-ring (bicyclic) bond motifs is 3. The summed E-state index contributed by atoms with van der Waals surface area (Å²) >= 11 is 0. The van der Waals surface area contributed by atoms with E-state index in [4.69, 9.17) is 23.7 Å². The first-order valence-electron chi connectivity index (χ1n) is 9.65. The Hall–Kier alpha value is -2.20. The van der Waals surface area contributed by atoms with E-state index in [-0.39, 0.29) is 42.8 Å². The SMILES string of the molecule is COc1ccc2c(c1OC)C(=O)OC2C1c2cc3c(cc2CC[N+]1(C)C)OCO3.[I-]. The summed E-state index contributed by atoms with van der Waals surface area (Å²) in [5.41, 5.74) is 3.62. The lowest BCUT2D eigenvalue weighted by Crippen LogP contribution is -3.00. The molecule has 0 amide bonds. The second kappa shape index (κ2) is 7.49. The number of quaternary nitrogens is 1. The van der Waals surface area contributed by atoms with Gasteiger partial charge in [0, 0.05) is 17.5 Å². The van der Waals surface area contributed by atoms with E-state index in [0.717, 1.165) is 35.6 Å². The van der Waals surface area contributed by atoms with Gasteiger partial charge in [-0.2, -0.15) is 0 Å². The molecule has 3 aliphatic heterocycles. The fraction of sp³-hybridized carbons (Fsp3) is 0.409. The number of ether oxygens (including phenoxy) is 5. The Bertz CT molecular complexity index is 1020. The molecule has 160 valence electrons. The molecular weight excluding hydrogens is 501 g/mol. The maximum absolute atomic E-state index is 12.9. The van der Waals surface area contributed by atoms with Crippen molar-refractivity contribution in [2.24, 2.45) is 0 Å². The van der Waals surface area contributed by atoms with Crippen LogP contribution in [0.5, 0.6) is 23.0 Å². The highest BCUT2D eigenvalue weighted by molar-refractivity contribution is 5.98. The molecule has 0 bridgehead atoms.